The fraction of sp³-hybridized carbons (Fsp3) is 0.394. The largest absolute Gasteiger partial charge is 0.449 e. The number of hydrogen-bond donors (Lipinski definition) is 1. The predicted octanol–water partition coefficient (Wildman–Crippen LogP) is 7.01. The number of nitrogens with zero attached hydrogens (tertiary/aromatic N) is 2. The minimum absolute atomic E-state index is 0.00154. The van der Waals surface area contributed by atoms with Crippen molar-refractivity contribution in [3.8, 4) is 0 Å². The van der Waals surface area contributed by atoms with Crippen molar-refractivity contribution in [1.82, 2.24) is 15.1 Å². The Labute approximate surface area is 252 Å². The summed E-state index contributed by atoms with van der Waals surface area (Å²) in [5.74, 6) is -0.0172. The van der Waals surface area contributed by atoms with Gasteiger partial charge in [0.2, 0.25) is 5.91 Å². The topological polar surface area (TPSA) is 61.9 Å². The number of carbonyl (C=O) groups excluding carboxylic acids is 2. The summed E-state index contributed by atoms with van der Waals surface area (Å²) in [6, 6.07) is 26.0. The lowest BCUT2D eigenvalue weighted by Crippen LogP contribution is -2.53. The van der Waals surface area contributed by atoms with Gasteiger partial charge in [0, 0.05) is 38.5 Å². The Bertz CT molecular complexity index is 1330. The summed E-state index contributed by atoms with van der Waals surface area (Å²) in [5.41, 5.74) is 2.92. The monoisotopic (exact) mass is 593 g/mol. The van der Waals surface area contributed by atoms with Crippen LogP contribution in [0.3, 0.4) is 0 Å². The molecule has 3 aromatic carbocycles. The molecule has 0 saturated carbocycles. The Balaban J connectivity index is 1.28. The molecule has 8 heteroatoms. The molecule has 2 saturated heterocycles. The first-order chi connectivity index (χ1) is 19.8. The number of cyclic esters (lactones) is 1. The highest BCUT2D eigenvalue weighted by molar-refractivity contribution is 6.42. The van der Waals surface area contributed by atoms with Gasteiger partial charge in [-0.3, -0.25) is 4.79 Å². The summed E-state index contributed by atoms with van der Waals surface area (Å²) >= 11 is 12.6. The van der Waals surface area contributed by atoms with Crippen molar-refractivity contribution in [2.45, 2.75) is 56.7 Å². The lowest BCUT2D eigenvalue weighted by Gasteiger charge is -2.43. The van der Waals surface area contributed by atoms with E-state index in [2.05, 4.69) is 22.3 Å². The van der Waals surface area contributed by atoms with Crippen molar-refractivity contribution >= 4 is 35.2 Å². The number of ether oxygens (including phenoxy) is 1. The SMILES string of the molecule is CC(=O)NC1(c2ccccc2)CCN(CCCC2C(c3ccc(Cl)c(Cl)c3)COC(=O)N2Cc2ccccc2)CC1. The van der Waals surface area contributed by atoms with Crippen molar-refractivity contribution in [3.63, 3.8) is 0 Å². The number of nitrogens with one attached hydrogen (secondary N) is 1. The van der Waals surface area contributed by atoms with Crippen molar-refractivity contribution in [3.05, 3.63) is 106 Å². The third-order valence-corrected chi connectivity index (χ3v) is 9.22. The molecule has 2 aliphatic rings. The highest BCUT2D eigenvalue weighted by atomic mass is 35.5. The zero-order valence-electron chi connectivity index (χ0n) is 23.4. The van der Waals surface area contributed by atoms with E-state index in [-0.39, 0.29) is 29.5 Å². The fourth-order valence-electron chi connectivity index (χ4n) is 6.35. The van der Waals surface area contributed by atoms with E-state index in [1.165, 1.54) is 0 Å². The predicted molar refractivity (Wildman–Crippen MR) is 163 cm³/mol. The summed E-state index contributed by atoms with van der Waals surface area (Å²) in [5, 5.41) is 4.28. The fourth-order valence-corrected chi connectivity index (χ4v) is 6.66. The van der Waals surface area contributed by atoms with Crippen LogP contribution in [0.2, 0.25) is 10.0 Å². The number of halogens is 2. The first-order valence-corrected chi connectivity index (χ1v) is 15.1. The molecule has 2 heterocycles. The highest BCUT2D eigenvalue weighted by Gasteiger charge is 2.39. The van der Waals surface area contributed by atoms with Gasteiger partial charge in [-0.05, 0) is 61.1 Å². The van der Waals surface area contributed by atoms with Crippen LogP contribution in [0, 0.1) is 0 Å². The normalized spacial score (nSPS) is 20.9. The second-order valence-corrected chi connectivity index (χ2v) is 12.0. The van der Waals surface area contributed by atoms with E-state index >= 15 is 0 Å². The third-order valence-electron chi connectivity index (χ3n) is 8.48. The smallest absolute Gasteiger partial charge is 0.410 e. The van der Waals surface area contributed by atoms with Crippen LogP contribution in [0.1, 0.15) is 55.2 Å². The Morgan fingerprint density at radius 3 is 2.32 bits per heavy atom. The summed E-state index contributed by atoms with van der Waals surface area (Å²) in [7, 11) is 0. The van der Waals surface area contributed by atoms with Crippen LogP contribution in [-0.4, -0.2) is 54.1 Å². The molecule has 2 aliphatic heterocycles. The average molecular weight is 595 g/mol. The molecule has 2 unspecified atom stereocenters. The van der Waals surface area contributed by atoms with Gasteiger partial charge in [-0.25, -0.2) is 4.79 Å². The first-order valence-electron chi connectivity index (χ1n) is 14.3. The van der Waals surface area contributed by atoms with Crippen LogP contribution in [-0.2, 0) is 21.6 Å². The minimum Gasteiger partial charge on any atom is -0.449 e. The standard InChI is InChI=1S/C33H37Cl2N3O3/c1-24(39)36-33(27-11-6-3-7-12-27)16-19-37(20-17-33)18-8-13-31-28(26-14-15-29(34)30(35)21-26)23-41-32(40)38(31)22-25-9-4-2-5-10-25/h2-7,9-12,14-15,21,28,31H,8,13,16-20,22-23H2,1H3,(H,36,39). The van der Waals surface area contributed by atoms with Crippen LogP contribution in [0.25, 0.3) is 0 Å². The molecule has 41 heavy (non-hydrogen) atoms. The summed E-state index contributed by atoms with van der Waals surface area (Å²) in [6.45, 7) is 5.11. The summed E-state index contributed by atoms with van der Waals surface area (Å²) in [6.07, 6.45) is 3.20. The van der Waals surface area contributed by atoms with Gasteiger partial charge in [-0.15, -0.1) is 0 Å². The maximum Gasteiger partial charge on any atom is 0.410 e. The first kappa shape index (κ1) is 29.4. The average Bonchev–Trinajstić information content (AvgIpc) is 2.98. The molecule has 6 nitrogen and oxygen atoms in total. The molecule has 3 aromatic rings. The molecule has 0 aromatic heterocycles. The second-order valence-electron chi connectivity index (χ2n) is 11.2. The van der Waals surface area contributed by atoms with E-state index in [1.807, 2.05) is 71.6 Å². The van der Waals surface area contributed by atoms with Crippen LogP contribution >= 0.6 is 23.2 Å². The van der Waals surface area contributed by atoms with Crippen LogP contribution in [0.5, 0.6) is 0 Å². The van der Waals surface area contributed by atoms with E-state index in [9.17, 15) is 9.59 Å². The Kier molecular flexibility index (Phi) is 9.53. The number of piperidine rings is 1. The molecule has 1 N–H and O–H groups in total. The molecule has 0 spiro atoms. The molecule has 2 amide bonds. The van der Waals surface area contributed by atoms with Crippen molar-refractivity contribution in [1.29, 1.82) is 0 Å². The number of rotatable bonds is 9. The van der Waals surface area contributed by atoms with Crippen LogP contribution in [0.4, 0.5) is 4.79 Å². The quantitative estimate of drug-likeness (QED) is 0.290. The van der Waals surface area contributed by atoms with E-state index in [0.717, 1.165) is 62.0 Å². The number of hydrogen-bond acceptors (Lipinski definition) is 4. The zero-order chi connectivity index (χ0) is 28.8. The van der Waals surface area contributed by atoms with Gasteiger partial charge in [0.05, 0.1) is 15.6 Å². The van der Waals surface area contributed by atoms with Gasteiger partial charge in [-0.2, -0.15) is 0 Å². The van der Waals surface area contributed by atoms with Gasteiger partial charge in [-0.1, -0.05) is 89.9 Å². The lowest BCUT2D eigenvalue weighted by molar-refractivity contribution is -0.121. The molecule has 216 valence electrons. The Morgan fingerprint density at radius 2 is 1.66 bits per heavy atom. The van der Waals surface area contributed by atoms with Crippen LogP contribution < -0.4 is 5.32 Å². The number of amides is 2. The van der Waals surface area contributed by atoms with Gasteiger partial charge in [0.1, 0.15) is 6.61 Å². The molecular weight excluding hydrogens is 557 g/mol. The van der Waals surface area contributed by atoms with E-state index < -0.39 is 0 Å². The highest BCUT2D eigenvalue weighted by Crippen LogP contribution is 2.36. The van der Waals surface area contributed by atoms with Crippen LogP contribution in [0.15, 0.2) is 78.9 Å². The number of benzene rings is 3. The van der Waals surface area contributed by atoms with Gasteiger partial charge >= 0.3 is 6.09 Å². The van der Waals surface area contributed by atoms with E-state index in [1.54, 1.807) is 6.92 Å². The Hall–Kier alpha value is -3.06. The number of likely N-dealkylation sites (tertiary alicyclic amines) is 1. The van der Waals surface area contributed by atoms with Gasteiger partial charge in [0.25, 0.3) is 0 Å². The summed E-state index contributed by atoms with van der Waals surface area (Å²) in [4.78, 5) is 29.5. The van der Waals surface area contributed by atoms with Crippen molar-refractivity contribution in [2.24, 2.45) is 0 Å². The molecule has 2 fully saturated rings. The summed E-state index contributed by atoms with van der Waals surface area (Å²) < 4.78 is 5.69. The lowest BCUT2D eigenvalue weighted by atomic mass is 9.80. The second kappa shape index (κ2) is 13.3. The number of carbonyl (C=O) groups is 2. The maximum atomic E-state index is 13.1. The minimum atomic E-state index is -0.331. The van der Waals surface area contributed by atoms with E-state index in [0.29, 0.717) is 23.2 Å². The maximum absolute atomic E-state index is 13.1. The molecule has 0 bridgehead atoms. The Morgan fingerprint density at radius 1 is 0.976 bits per heavy atom. The molecule has 2 atom stereocenters. The van der Waals surface area contributed by atoms with Gasteiger partial charge in [0.15, 0.2) is 0 Å². The van der Waals surface area contributed by atoms with Crippen molar-refractivity contribution in [2.75, 3.05) is 26.2 Å². The third kappa shape index (κ3) is 7.06. The zero-order valence-corrected chi connectivity index (χ0v) is 24.9. The molecule has 5 rings (SSSR count). The van der Waals surface area contributed by atoms with E-state index in [4.69, 9.17) is 27.9 Å². The van der Waals surface area contributed by atoms with Crippen molar-refractivity contribution < 1.29 is 14.3 Å². The molecule has 0 radical (unpaired) electrons. The van der Waals surface area contributed by atoms with Gasteiger partial charge < -0.3 is 19.9 Å². The molecular formula is C33H37Cl2N3O3. The molecule has 0 aliphatic carbocycles.